The predicted molar refractivity (Wildman–Crippen MR) is 134 cm³/mol. The molecule has 0 atom stereocenters. The minimum absolute atomic E-state index is 0.596. The van der Waals surface area contributed by atoms with E-state index in [0.29, 0.717) is 12.4 Å². The summed E-state index contributed by atoms with van der Waals surface area (Å²) in [5, 5.41) is 13.3. The molecule has 0 N–H and O–H groups in total. The summed E-state index contributed by atoms with van der Waals surface area (Å²) in [4.78, 5) is 6.00. The zero-order valence-corrected chi connectivity index (χ0v) is 19.4. The monoisotopic (exact) mass is 448 g/mol. The van der Waals surface area contributed by atoms with Gasteiger partial charge in [-0.05, 0) is 40.3 Å². The second-order valence-electron chi connectivity index (χ2n) is 8.49. The Hall–Kier alpha value is -4.06. The zero-order chi connectivity index (χ0) is 23.2. The topological polar surface area (TPSA) is 61.4 Å². The number of unbranched alkanes of at least 4 members (excludes halogenated alkanes) is 1. The van der Waals surface area contributed by atoms with Crippen molar-refractivity contribution in [2.75, 3.05) is 0 Å². The van der Waals surface area contributed by atoms with E-state index < -0.39 is 0 Å². The van der Waals surface area contributed by atoms with E-state index in [1.807, 2.05) is 42.9 Å². The Balaban J connectivity index is 1.35. The number of aromatic nitrogens is 6. The molecule has 5 aromatic rings. The van der Waals surface area contributed by atoms with Gasteiger partial charge in [0.2, 0.25) is 5.82 Å². The van der Waals surface area contributed by atoms with Crippen molar-refractivity contribution in [1.82, 2.24) is 29.8 Å². The molecule has 0 spiro atoms. The van der Waals surface area contributed by atoms with Crippen LogP contribution in [0.25, 0.3) is 22.5 Å². The van der Waals surface area contributed by atoms with Crippen molar-refractivity contribution in [2.45, 2.75) is 39.3 Å². The first-order valence-corrected chi connectivity index (χ1v) is 11.8. The highest BCUT2D eigenvalue weighted by Gasteiger charge is 2.13. The average molecular weight is 449 g/mol. The van der Waals surface area contributed by atoms with Crippen LogP contribution in [0.4, 0.5) is 0 Å². The van der Waals surface area contributed by atoms with E-state index in [4.69, 9.17) is 0 Å². The van der Waals surface area contributed by atoms with E-state index in [1.165, 1.54) is 24.1 Å². The normalized spacial score (nSPS) is 11.1. The van der Waals surface area contributed by atoms with Crippen LogP contribution in [0.2, 0.25) is 0 Å². The van der Waals surface area contributed by atoms with Crippen molar-refractivity contribution in [3.05, 3.63) is 108 Å². The molecule has 0 aliphatic rings. The minimum atomic E-state index is 0.596. The Morgan fingerprint density at radius 2 is 1.50 bits per heavy atom. The number of hydrogen-bond acceptors (Lipinski definition) is 4. The van der Waals surface area contributed by atoms with Gasteiger partial charge in [-0.2, -0.15) is 4.80 Å². The summed E-state index contributed by atoms with van der Waals surface area (Å²) in [6, 6.07) is 27.1. The molecular weight excluding hydrogens is 420 g/mol. The molecule has 0 aliphatic carbocycles. The van der Waals surface area contributed by atoms with E-state index in [9.17, 15) is 0 Å². The molecule has 6 nitrogen and oxygen atoms in total. The molecule has 3 aromatic carbocycles. The van der Waals surface area contributed by atoms with E-state index in [-0.39, 0.29) is 0 Å². The molecule has 0 amide bonds. The average Bonchev–Trinajstić information content (AvgIpc) is 3.53. The van der Waals surface area contributed by atoms with Gasteiger partial charge in [0.05, 0.1) is 12.9 Å². The Morgan fingerprint density at radius 1 is 0.765 bits per heavy atom. The molecule has 0 saturated carbocycles. The van der Waals surface area contributed by atoms with Gasteiger partial charge in [0.1, 0.15) is 0 Å². The molecule has 0 saturated heterocycles. The third-order valence-corrected chi connectivity index (χ3v) is 5.99. The van der Waals surface area contributed by atoms with Crippen molar-refractivity contribution in [2.24, 2.45) is 0 Å². The van der Waals surface area contributed by atoms with Gasteiger partial charge >= 0.3 is 0 Å². The van der Waals surface area contributed by atoms with Crippen molar-refractivity contribution < 1.29 is 0 Å². The standard InChI is InChI=1S/C28H28N6/c1-2-3-11-25-18-29-21-33(25)19-23-14-16-24(17-15-23)26-12-7-8-13-27(26)28-30-32-34(31-28)20-22-9-5-4-6-10-22/h4-10,12-18,21H,2-3,11,19-20H2,1H3. The van der Waals surface area contributed by atoms with Gasteiger partial charge in [0.15, 0.2) is 0 Å². The largest absolute Gasteiger partial charge is 0.330 e. The summed E-state index contributed by atoms with van der Waals surface area (Å²) < 4.78 is 2.24. The lowest BCUT2D eigenvalue weighted by Crippen LogP contribution is -2.03. The van der Waals surface area contributed by atoms with Gasteiger partial charge in [0, 0.05) is 24.0 Å². The van der Waals surface area contributed by atoms with E-state index >= 15 is 0 Å². The first kappa shape index (κ1) is 21.8. The van der Waals surface area contributed by atoms with Crippen LogP contribution in [-0.4, -0.2) is 29.8 Å². The third kappa shape index (κ3) is 4.96. The molecule has 0 aliphatic heterocycles. The molecule has 170 valence electrons. The maximum absolute atomic E-state index is 4.65. The molecular formula is C28H28N6. The first-order valence-electron chi connectivity index (χ1n) is 11.8. The number of benzene rings is 3. The molecule has 0 bridgehead atoms. The molecule has 2 aromatic heterocycles. The SMILES string of the molecule is CCCCc1cncn1Cc1ccc(-c2ccccc2-c2nnn(Cc3ccccc3)n2)cc1. The predicted octanol–water partition coefficient (Wildman–Crippen LogP) is 5.64. The van der Waals surface area contributed by atoms with Gasteiger partial charge in [-0.3, -0.25) is 0 Å². The highest BCUT2D eigenvalue weighted by Crippen LogP contribution is 2.30. The van der Waals surface area contributed by atoms with Crippen LogP contribution in [0.1, 0.15) is 36.6 Å². The van der Waals surface area contributed by atoms with Crippen LogP contribution >= 0.6 is 0 Å². The maximum Gasteiger partial charge on any atom is 0.205 e. The van der Waals surface area contributed by atoms with Crippen LogP contribution in [0.5, 0.6) is 0 Å². The molecule has 6 heteroatoms. The summed E-state index contributed by atoms with van der Waals surface area (Å²) in [5.74, 6) is 0.634. The van der Waals surface area contributed by atoms with Crippen LogP contribution in [0.3, 0.4) is 0 Å². The second kappa shape index (κ2) is 10.3. The highest BCUT2D eigenvalue weighted by atomic mass is 15.6. The fourth-order valence-corrected chi connectivity index (χ4v) is 4.14. The second-order valence-corrected chi connectivity index (χ2v) is 8.49. The summed E-state index contributed by atoms with van der Waals surface area (Å²) in [7, 11) is 0. The molecule has 34 heavy (non-hydrogen) atoms. The maximum atomic E-state index is 4.65. The quantitative estimate of drug-likeness (QED) is 0.293. The Bertz CT molecular complexity index is 1330. The third-order valence-electron chi connectivity index (χ3n) is 5.99. The minimum Gasteiger partial charge on any atom is -0.330 e. The fraction of sp³-hybridized carbons (Fsp3) is 0.214. The summed E-state index contributed by atoms with van der Waals surface area (Å²) in [6.45, 7) is 3.64. The summed E-state index contributed by atoms with van der Waals surface area (Å²) >= 11 is 0. The lowest BCUT2D eigenvalue weighted by molar-refractivity contribution is 0.573. The number of aryl methyl sites for hydroxylation is 1. The van der Waals surface area contributed by atoms with Gasteiger partial charge in [-0.1, -0.05) is 92.2 Å². The molecule has 0 unspecified atom stereocenters. The van der Waals surface area contributed by atoms with Crippen LogP contribution in [-0.2, 0) is 19.5 Å². The van der Waals surface area contributed by atoms with Crippen LogP contribution in [0.15, 0.2) is 91.4 Å². The van der Waals surface area contributed by atoms with Gasteiger partial charge in [-0.25, -0.2) is 4.98 Å². The molecule has 5 rings (SSSR count). The number of hydrogen-bond donors (Lipinski definition) is 0. The molecule has 0 fully saturated rings. The zero-order valence-electron chi connectivity index (χ0n) is 19.4. The lowest BCUT2D eigenvalue weighted by Gasteiger charge is -2.10. The van der Waals surface area contributed by atoms with E-state index in [2.05, 4.69) is 80.4 Å². The van der Waals surface area contributed by atoms with Crippen molar-refractivity contribution in [3.63, 3.8) is 0 Å². The molecule has 2 heterocycles. The number of imidazole rings is 1. The lowest BCUT2D eigenvalue weighted by atomic mass is 9.98. The Kier molecular flexibility index (Phi) is 6.56. The van der Waals surface area contributed by atoms with Crippen molar-refractivity contribution >= 4 is 0 Å². The molecule has 0 radical (unpaired) electrons. The number of rotatable bonds is 9. The number of tetrazole rings is 1. The summed E-state index contributed by atoms with van der Waals surface area (Å²) in [6.07, 6.45) is 7.36. The number of nitrogens with zero attached hydrogens (tertiary/aromatic N) is 6. The van der Waals surface area contributed by atoms with Crippen molar-refractivity contribution in [3.8, 4) is 22.5 Å². The van der Waals surface area contributed by atoms with Gasteiger partial charge in [0.25, 0.3) is 0 Å². The fourth-order valence-electron chi connectivity index (χ4n) is 4.14. The summed E-state index contributed by atoms with van der Waals surface area (Å²) in [5.41, 5.74) is 6.90. The van der Waals surface area contributed by atoms with E-state index in [0.717, 1.165) is 35.2 Å². The smallest absolute Gasteiger partial charge is 0.205 e. The highest BCUT2D eigenvalue weighted by molar-refractivity contribution is 5.80. The van der Waals surface area contributed by atoms with Crippen LogP contribution < -0.4 is 0 Å². The Labute approximate surface area is 199 Å². The van der Waals surface area contributed by atoms with Gasteiger partial charge in [-0.15, -0.1) is 10.2 Å². The van der Waals surface area contributed by atoms with Crippen molar-refractivity contribution in [1.29, 1.82) is 0 Å². The first-order chi connectivity index (χ1) is 16.8. The van der Waals surface area contributed by atoms with E-state index in [1.54, 1.807) is 4.80 Å². The van der Waals surface area contributed by atoms with Gasteiger partial charge < -0.3 is 4.57 Å². The van der Waals surface area contributed by atoms with Crippen LogP contribution in [0, 0.1) is 0 Å². The Morgan fingerprint density at radius 3 is 2.29 bits per heavy atom.